The molecule has 8 heteroatoms. The fraction of sp³-hybridized carbons (Fsp3) is 0.231. The second kappa shape index (κ2) is 9.61. The average molecular weight is 477 g/mol. The van der Waals surface area contributed by atoms with E-state index in [0.29, 0.717) is 31.9 Å². The molecule has 1 atom stereocenters. The molecule has 0 bridgehead atoms. The van der Waals surface area contributed by atoms with Gasteiger partial charge in [-0.2, -0.15) is 0 Å². The molecule has 0 N–H and O–H groups in total. The van der Waals surface area contributed by atoms with Gasteiger partial charge in [-0.15, -0.1) is 0 Å². The molecule has 3 aromatic rings. The van der Waals surface area contributed by atoms with Crippen molar-refractivity contribution in [3.05, 3.63) is 96.2 Å². The number of benzene rings is 2. The largest absolute Gasteiger partial charge is 0.463 e. The summed E-state index contributed by atoms with van der Waals surface area (Å²) in [6.45, 7) is 7.00. The number of thiazole rings is 1. The summed E-state index contributed by atoms with van der Waals surface area (Å²) in [6, 6.07) is 13.9. The van der Waals surface area contributed by atoms with E-state index < -0.39 is 18.0 Å². The van der Waals surface area contributed by atoms with Gasteiger partial charge in [0.05, 0.1) is 28.5 Å². The third kappa shape index (κ3) is 4.63. The highest BCUT2D eigenvalue weighted by molar-refractivity contribution is 7.07. The second-order valence-corrected chi connectivity index (χ2v) is 8.88. The van der Waals surface area contributed by atoms with Crippen LogP contribution in [-0.4, -0.2) is 23.1 Å². The average Bonchev–Trinajstić information content (AvgIpc) is 3.09. The maximum atomic E-state index is 13.6. The van der Waals surface area contributed by atoms with Crippen LogP contribution in [0.25, 0.3) is 6.08 Å². The molecular formula is C26H24N2O5S. The lowest BCUT2D eigenvalue weighted by atomic mass is 9.96. The van der Waals surface area contributed by atoms with E-state index in [0.717, 1.165) is 11.1 Å². The Balaban J connectivity index is 1.89. The first kappa shape index (κ1) is 23.4. The molecule has 1 aromatic heterocycles. The van der Waals surface area contributed by atoms with Crippen molar-refractivity contribution in [2.24, 2.45) is 4.99 Å². The Kier molecular flexibility index (Phi) is 6.61. The first-order chi connectivity index (χ1) is 16.3. The number of carbonyl (C=O) groups is 2. The van der Waals surface area contributed by atoms with E-state index in [1.165, 1.54) is 22.8 Å². The molecule has 4 rings (SSSR count). The molecule has 0 amide bonds. The van der Waals surface area contributed by atoms with Crippen LogP contribution in [0, 0.1) is 6.92 Å². The lowest BCUT2D eigenvalue weighted by molar-refractivity contribution is -0.139. The summed E-state index contributed by atoms with van der Waals surface area (Å²) < 4.78 is 12.5. The van der Waals surface area contributed by atoms with Crippen LogP contribution in [0.2, 0.25) is 0 Å². The van der Waals surface area contributed by atoms with Crippen LogP contribution in [0.1, 0.15) is 43.5 Å². The van der Waals surface area contributed by atoms with Gasteiger partial charge in [-0.1, -0.05) is 53.3 Å². The standard InChI is InChI=1S/C26H24N2O5S/c1-5-32-25(31)22-16(3)27-26-28(23(22)19-10-12-20(13-11-19)33-17(4)29)24(30)21(34-26)14-18-8-6-15(2)7-9-18/h6-14,23H,5H2,1-4H3/b21-14-/t23-/m0/s1. The van der Waals surface area contributed by atoms with Gasteiger partial charge >= 0.3 is 11.9 Å². The minimum absolute atomic E-state index is 0.200. The van der Waals surface area contributed by atoms with Gasteiger partial charge in [0.15, 0.2) is 4.80 Å². The van der Waals surface area contributed by atoms with Crippen molar-refractivity contribution in [1.29, 1.82) is 0 Å². The molecule has 0 spiro atoms. The molecule has 2 heterocycles. The zero-order valence-electron chi connectivity index (χ0n) is 19.3. The van der Waals surface area contributed by atoms with E-state index in [1.54, 1.807) is 38.1 Å². The van der Waals surface area contributed by atoms with E-state index in [2.05, 4.69) is 4.99 Å². The van der Waals surface area contributed by atoms with Crippen molar-refractivity contribution in [3.8, 4) is 5.75 Å². The van der Waals surface area contributed by atoms with Gasteiger partial charge in [0.25, 0.3) is 5.56 Å². The maximum Gasteiger partial charge on any atom is 0.338 e. The van der Waals surface area contributed by atoms with Gasteiger partial charge in [-0.05, 0) is 50.1 Å². The van der Waals surface area contributed by atoms with E-state index in [9.17, 15) is 14.4 Å². The molecule has 0 saturated carbocycles. The first-order valence-electron chi connectivity index (χ1n) is 10.8. The smallest absolute Gasteiger partial charge is 0.338 e. The summed E-state index contributed by atoms with van der Waals surface area (Å²) in [5, 5.41) is 0. The highest BCUT2D eigenvalue weighted by atomic mass is 32.1. The predicted octanol–water partition coefficient (Wildman–Crippen LogP) is 3.03. The number of hydrogen-bond donors (Lipinski definition) is 0. The zero-order valence-corrected chi connectivity index (χ0v) is 20.1. The minimum Gasteiger partial charge on any atom is -0.463 e. The van der Waals surface area contributed by atoms with Crippen molar-refractivity contribution in [2.75, 3.05) is 6.61 Å². The molecule has 7 nitrogen and oxygen atoms in total. The van der Waals surface area contributed by atoms with E-state index in [-0.39, 0.29) is 12.2 Å². The fourth-order valence-corrected chi connectivity index (χ4v) is 4.85. The Morgan fingerprint density at radius 2 is 1.76 bits per heavy atom. The Hall–Kier alpha value is -3.78. The highest BCUT2D eigenvalue weighted by Gasteiger charge is 2.33. The Bertz CT molecular complexity index is 1460. The summed E-state index contributed by atoms with van der Waals surface area (Å²) in [5.74, 6) is -0.577. The first-order valence-corrected chi connectivity index (χ1v) is 11.6. The van der Waals surface area contributed by atoms with E-state index >= 15 is 0 Å². The maximum absolute atomic E-state index is 13.6. The molecule has 34 heavy (non-hydrogen) atoms. The fourth-order valence-electron chi connectivity index (χ4n) is 3.81. The topological polar surface area (TPSA) is 87.0 Å². The van der Waals surface area contributed by atoms with Crippen molar-refractivity contribution in [1.82, 2.24) is 4.57 Å². The molecule has 174 valence electrons. The third-order valence-corrected chi connectivity index (χ3v) is 6.33. The van der Waals surface area contributed by atoms with Crippen LogP contribution >= 0.6 is 11.3 Å². The number of fused-ring (bicyclic) bond motifs is 1. The SMILES string of the molecule is CCOC(=O)C1=C(C)N=c2s/c(=C\c3ccc(C)cc3)c(=O)n2[C@H]1c1ccc(OC(C)=O)cc1. The molecule has 1 aliphatic rings. The van der Waals surface area contributed by atoms with Crippen molar-refractivity contribution in [2.45, 2.75) is 33.7 Å². The zero-order chi connectivity index (χ0) is 24.4. The lowest BCUT2D eigenvalue weighted by Crippen LogP contribution is -2.39. The van der Waals surface area contributed by atoms with Gasteiger partial charge in [0.1, 0.15) is 5.75 Å². The monoisotopic (exact) mass is 476 g/mol. The quantitative estimate of drug-likeness (QED) is 0.417. The minimum atomic E-state index is -0.721. The van der Waals surface area contributed by atoms with Gasteiger partial charge in [-0.3, -0.25) is 14.2 Å². The van der Waals surface area contributed by atoms with Crippen LogP contribution in [0.3, 0.4) is 0 Å². The summed E-state index contributed by atoms with van der Waals surface area (Å²) in [7, 11) is 0. The summed E-state index contributed by atoms with van der Waals surface area (Å²) in [5.41, 5.74) is 3.26. The van der Waals surface area contributed by atoms with Crippen LogP contribution in [0.15, 0.2) is 69.6 Å². The molecule has 0 radical (unpaired) electrons. The number of esters is 2. The van der Waals surface area contributed by atoms with Gasteiger partial charge in [-0.25, -0.2) is 9.79 Å². The number of ether oxygens (including phenoxy) is 2. The van der Waals surface area contributed by atoms with Crippen molar-refractivity contribution >= 4 is 29.4 Å². The van der Waals surface area contributed by atoms with E-state index in [1.807, 2.05) is 37.3 Å². The van der Waals surface area contributed by atoms with Crippen LogP contribution in [-0.2, 0) is 14.3 Å². The lowest BCUT2D eigenvalue weighted by Gasteiger charge is -2.24. The summed E-state index contributed by atoms with van der Waals surface area (Å²) >= 11 is 1.27. The highest BCUT2D eigenvalue weighted by Crippen LogP contribution is 2.31. The number of hydrogen-bond acceptors (Lipinski definition) is 7. The molecular weight excluding hydrogens is 452 g/mol. The molecule has 0 aliphatic carbocycles. The Labute approximate surface area is 200 Å². The number of carbonyl (C=O) groups excluding carboxylic acids is 2. The van der Waals surface area contributed by atoms with Crippen LogP contribution in [0.4, 0.5) is 0 Å². The Morgan fingerprint density at radius 3 is 2.38 bits per heavy atom. The number of aryl methyl sites for hydroxylation is 1. The van der Waals surface area contributed by atoms with Crippen LogP contribution < -0.4 is 19.6 Å². The molecule has 0 fully saturated rings. The van der Waals surface area contributed by atoms with Crippen molar-refractivity contribution in [3.63, 3.8) is 0 Å². The molecule has 2 aromatic carbocycles. The number of rotatable bonds is 5. The molecule has 0 saturated heterocycles. The van der Waals surface area contributed by atoms with Crippen LogP contribution in [0.5, 0.6) is 5.75 Å². The molecule has 1 aliphatic heterocycles. The number of nitrogens with zero attached hydrogens (tertiary/aromatic N) is 2. The Morgan fingerprint density at radius 1 is 1.09 bits per heavy atom. The third-order valence-electron chi connectivity index (χ3n) is 5.35. The van der Waals surface area contributed by atoms with Gasteiger partial charge in [0, 0.05) is 6.92 Å². The van der Waals surface area contributed by atoms with Crippen molar-refractivity contribution < 1.29 is 19.1 Å². The summed E-state index contributed by atoms with van der Waals surface area (Å²) in [4.78, 5) is 42.8. The van der Waals surface area contributed by atoms with Gasteiger partial charge < -0.3 is 9.47 Å². The summed E-state index contributed by atoms with van der Waals surface area (Å²) in [6.07, 6.45) is 1.83. The number of allylic oxidation sites excluding steroid dienone is 1. The van der Waals surface area contributed by atoms with Gasteiger partial charge in [0.2, 0.25) is 0 Å². The van der Waals surface area contributed by atoms with E-state index in [4.69, 9.17) is 9.47 Å². The second-order valence-electron chi connectivity index (χ2n) is 7.88. The number of aromatic nitrogens is 1. The predicted molar refractivity (Wildman–Crippen MR) is 129 cm³/mol. The normalized spacial score (nSPS) is 15.5. The molecule has 0 unspecified atom stereocenters.